The molecule has 1 aliphatic rings. The van der Waals surface area contributed by atoms with Crippen LogP contribution in [-0.4, -0.2) is 61.7 Å². The Hall–Kier alpha value is 0.230. The molecule has 3 nitrogen and oxygen atoms in total. The van der Waals surface area contributed by atoms with Crippen molar-refractivity contribution in [2.75, 3.05) is 51.8 Å². The third-order valence-corrected chi connectivity index (χ3v) is 3.06. The van der Waals surface area contributed by atoms with E-state index in [1.807, 2.05) is 11.8 Å². The summed E-state index contributed by atoms with van der Waals surface area (Å²) in [5.41, 5.74) is 3.47. The number of rotatable bonds is 5. The summed E-state index contributed by atoms with van der Waals surface area (Å²) >= 11 is 1.92. The van der Waals surface area contributed by atoms with E-state index < -0.39 is 0 Å². The predicted molar refractivity (Wildman–Crippen MR) is 60.1 cm³/mol. The highest BCUT2D eigenvalue weighted by Crippen LogP contribution is 1.97. The molecule has 1 aliphatic heterocycles. The van der Waals surface area contributed by atoms with Gasteiger partial charge in [-0.2, -0.15) is 11.8 Å². The first-order chi connectivity index (χ1) is 6.33. The average molecular weight is 203 g/mol. The number of nitrogens with one attached hydrogen (secondary N) is 1. The number of hydrogen-bond acceptors (Lipinski definition) is 4. The first-order valence-electron chi connectivity index (χ1n) is 4.99. The Morgan fingerprint density at radius 3 is 2.54 bits per heavy atom. The molecule has 0 radical (unpaired) electrons. The zero-order valence-electron chi connectivity index (χ0n) is 8.75. The lowest BCUT2D eigenvalue weighted by Gasteiger charge is -2.32. The summed E-state index contributed by atoms with van der Waals surface area (Å²) in [7, 11) is 2.19. The second-order valence-electron chi connectivity index (χ2n) is 3.54. The normalized spacial score (nSPS) is 20.8. The van der Waals surface area contributed by atoms with E-state index >= 15 is 0 Å². The molecule has 1 saturated heterocycles. The highest BCUT2D eigenvalue weighted by Gasteiger charge is 2.11. The summed E-state index contributed by atoms with van der Waals surface area (Å²) in [5.74, 6) is 1.26. The van der Waals surface area contributed by atoms with Crippen molar-refractivity contribution in [3.8, 4) is 0 Å². The van der Waals surface area contributed by atoms with E-state index in [-0.39, 0.29) is 0 Å². The average Bonchev–Trinajstić information content (AvgIpc) is 2.15. The third-order valence-electron chi connectivity index (χ3n) is 2.36. The van der Waals surface area contributed by atoms with E-state index in [9.17, 15) is 0 Å². The molecule has 0 aromatic heterocycles. The van der Waals surface area contributed by atoms with Crippen LogP contribution in [0.25, 0.3) is 0 Å². The fraction of sp³-hybridized carbons (Fsp3) is 1.00. The van der Waals surface area contributed by atoms with Gasteiger partial charge in [-0.1, -0.05) is 0 Å². The molecule has 4 heteroatoms. The highest BCUT2D eigenvalue weighted by molar-refractivity contribution is 7.98. The van der Waals surface area contributed by atoms with Crippen LogP contribution < -0.4 is 5.43 Å². The fourth-order valence-corrected chi connectivity index (χ4v) is 1.85. The Morgan fingerprint density at radius 2 is 1.92 bits per heavy atom. The summed E-state index contributed by atoms with van der Waals surface area (Å²) in [6.45, 7) is 5.83. The van der Waals surface area contributed by atoms with E-state index in [1.54, 1.807) is 0 Å². The molecular formula is C9H21N3S. The second-order valence-corrected chi connectivity index (χ2v) is 4.53. The molecule has 0 aromatic rings. The number of likely N-dealkylation sites (N-methyl/N-ethyl adjacent to an activating group) is 1. The molecule has 0 saturated carbocycles. The van der Waals surface area contributed by atoms with Crippen LogP contribution >= 0.6 is 11.8 Å². The summed E-state index contributed by atoms with van der Waals surface area (Å²) in [5, 5.41) is 2.35. The quantitative estimate of drug-likeness (QED) is 0.655. The van der Waals surface area contributed by atoms with Crippen molar-refractivity contribution in [2.45, 2.75) is 6.42 Å². The van der Waals surface area contributed by atoms with Crippen molar-refractivity contribution >= 4 is 11.8 Å². The fourth-order valence-electron chi connectivity index (χ4n) is 1.42. The molecule has 1 heterocycles. The third kappa shape index (κ3) is 4.86. The maximum Gasteiger partial charge on any atom is 0.0259 e. The molecular weight excluding hydrogens is 182 g/mol. The molecule has 0 aromatic carbocycles. The lowest BCUT2D eigenvalue weighted by Crippen LogP contribution is -2.50. The first kappa shape index (κ1) is 11.3. The second kappa shape index (κ2) is 6.65. The Balaban J connectivity index is 1.96. The van der Waals surface area contributed by atoms with Crippen molar-refractivity contribution in [3.05, 3.63) is 0 Å². The number of hydrazine groups is 1. The van der Waals surface area contributed by atoms with Gasteiger partial charge in [0.2, 0.25) is 0 Å². The van der Waals surface area contributed by atoms with Gasteiger partial charge in [-0.3, -0.25) is 5.43 Å². The van der Waals surface area contributed by atoms with Crippen LogP contribution in [0.4, 0.5) is 0 Å². The topological polar surface area (TPSA) is 18.5 Å². The van der Waals surface area contributed by atoms with Gasteiger partial charge in [0, 0.05) is 32.7 Å². The smallest absolute Gasteiger partial charge is 0.0259 e. The zero-order chi connectivity index (χ0) is 9.52. The minimum absolute atomic E-state index is 1.13. The van der Waals surface area contributed by atoms with Crippen molar-refractivity contribution in [3.63, 3.8) is 0 Å². The van der Waals surface area contributed by atoms with E-state index in [0.717, 1.165) is 19.6 Å². The number of piperazine rings is 1. The Bertz CT molecular complexity index is 124. The van der Waals surface area contributed by atoms with E-state index in [2.05, 4.69) is 28.6 Å². The van der Waals surface area contributed by atoms with Crippen LogP contribution in [0.1, 0.15) is 6.42 Å². The maximum absolute atomic E-state index is 3.47. The van der Waals surface area contributed by atoms with Gasteiger partial charge in [0.05, 0.1) is 0 Å². The van der Waals surface area contributed by atoms with Crippen LogP contribution in [0, 0.1) is 0 Å². The highest BCUT2D eigenvalue weighted by atomic mass is 32.2. The molecule has 0 spiro atoms. The molecule has 0 atom stereocenters. The van der Waals surface area contributed by atoms with Gasteiger partial charge in [0.25, 0.3) is 0 Å². The minimum atomic E-state index is 1.13. The summed E-state index contributed by atoms with van der Waals surface area (Å²) in [6.07, 6.45) is 3.43. The number of nitrogens with zero attached hydrogens (tertiary/aromatic N) is 2. The van der Waals surface area contributed by atoms with Crippen molar-refractivity contribution in [1.82, 2.24) is 15.3 Å². The molecule has 0 unspecified atom stereocenters. The summed E-state index contributed by atoms with van der Waals surface area (Å²) in [6, 6.07) is 0. The largest absolute Gasteiger partial charge is 0.304 e. The molecule has 1 N–H and O–H groups in total. The van der Waals surface area contributed by atoms with Crippen molar-refractivity contribution < 1.29 is 0 Å². The van der Waals surface area contributed by atoms with Gasteiger partial charge >= 0.3 is 0 Å². The van der Waals surface area contributed by atoms with E-state index in [4.69, 9.17) is 0 Å². The lowest BCUT2D eigenvalue weighted by molar-refractivity contribution is 0.105. The maximum atomic E-state index is 3.47. The number of thioether (sulfide) groups is 1. The van der Waals surface area contributed by atoms with Gasteiger partial charge in [-0.15, -0.1) is 0 Å². The predicted octanol–water partition coefficient (Wildman–Crippen LogP) is 0.491. The van der Waals surface area contributed by atoms with Gasteiger partial charge in [0.1, 0.15) is 0 Å². The van der Waals surface area contributed by atoms with Crippen LogP contribution in [0.5, 0.6) is 0 Å². The van der Waals surface area contributed by atoms with Gasteiger partial charge in [-0.25, -0.2) is 5.01 Å². The standard InChI is InChI=1S/C9H21N3S/c1-11-5-7-12(8-6-11)10-4-3-9-13-2/h10H,3-9H2,1-2H3. The Labute approximate surface area is 85.8 Å². The van der Waals surface area contributed by atoms with E-state index in [1.165, 1.54) is 25.3 Å². The van der Waals surface area contributed by atoms with Crippen molar-refractivity contribution in [2.24, 2.45) is 0 Å². The molecule has 1 rings (SSSR count). The first-order valence-corrected chi connectivity index (χ1v) is 6.38. The molecule has 78 valence electrons. The molecule has 13 heavy (non-hydrogen) atoms. The SMILES string of the molecule is CSCCCNN1CCN(C)CC1. The monoisotopic (exact) mass is 203 g/mol. The summed E-state index contributed by atoms with van der Waals surface area (Å²) in [4.78, 5) is 2.38. The van der Waals surface area contributed by atoms with E-state index in [0.29, 0.717) is 0 Å². The molecule has 1 fully saturated rings. The lowest BCUT2D eigenvalue weighted by atomic mass is 10.4. The molecule has 0 amide bonds. The molecule has 0 aliphatic carbocycles. The van der Waals surface area contributed by atoms with Crippen LogP contribution in [0.3, 0.4) is 0 Å². The van der Waals surface area contributed by atoms with Gasteiger partial charge in [0.15, 0.2) is 0 Å². The Kier molecular flexibility index (Phi) is 5.78. The number of hydrogen-bond donors (Lipinski definition) is 1. The van der Waals surface area contributed by atoms with Crippen LogP contribution in [-0.2, 0) is 0 Å². The van der Waals surface area contributed by atoms with Gasteiger partial charge < -0.3 is 4.90 Å². The van der Waals surface area contributed by atoms with Gasteiger partial charge in [-0.05, 0) is 25.5 Å². The van der Waals surface area contributed by atoms with Crippen LogP contribution in [0.15, 0.2) is 0 Å². The Morgan fingerprint density at radius 1 is 1.23 bits per heavy atom. The zero-order valence-corrected chi connectivity index (χ0v) is 9.57. The summed E-state index contributed by atoms with van der Waals surface area (Å²) < 4.78 is 0. The van der Waals surface area contributed by atoms with Crippen LogP contribution in [0.2, 0.25) is 0 Å². The minimum Gasteiger partial charge on any atom is -0.304 e. The van der Waals surface area contributed by atoms with Crippen molar-refractivity contribution in [1.29, 1.82) is 0 Å². The molecule has 0 bridgehead atoms.